The molecule has 0 unspecified atom stereocenters. The zero-order valence-electron chi connectivity index (χ0n) is 11.9. The van der Waals surface area contributed by atoms with Gasteiger partial charge in [0.2, 0.25) is 0 Å². The number of methoxy groups -OCH3 is 1. The van der Waals surface area contributed by atoms with Crippen molar-refractivity contribution in [2.75, 3.05) is 7.11 Å². The van der Waals surface area contributed by atoms with Crippen molar-refractivity contribution in [2.45, 2.75) is 0 Å². The average Bonchev–Trinajstić information content (AvgIpc) is 3.00. The number of carbonyl (C=O) groups excluding carboxylic acids is 1. The first kappa shape index (κ1) is 14.5. The van der Waals surface area contributed by atoms with Crippen molar-refractivity contribution >= 4 is 21.9 Å². The van der Waals surface area contributed by atoms with E-state index in [4.69, 9.17) is 4.74 Å². The summed E-state index contributed by atoms with van der Waals surface area (Å²) in [5.74, 6) is -0.453. The van der Waals surface area contributed by atoms with E-state index in [0.29, 0.717) is 0 Å². The third kappa shape index (κ3) is 2.80. The van der Waals surface area contributed by atoms with Gasteiger partial charge in [0, 0.05) is 10.0 Å². The number of ether oxygens (including phenoxy) is 1. The number of para-hydroxylation sites is 1. The molecular formula is C17H13BrN2O2. The van der Waals surface area contributed by atoms with Crippen LogP contribution in [0.1, 0.15) is 10.5 Å². The fourth-order valence-corrected chi connectivity index (χ4v) is 2.60. The molecular weight excluding hydrogens is 344 g/mol. The smallest absolute Gasteiger partial charge is 0.358 e. The molecule has 0 amide bonds. The molecule has 0 atom stereocenters. The number of esters is 1. The van der Waals surface area contributed by atoms with Crippen molar-refractivity contribution in [2.24, 2.45) is 0 Å². The quantitative estimate of drug-likeness (QED) is 0.664. The summed E-state index contributed by atoms with van der Waals surface area (Å²) in [6.45, 7) is 0. The second-order valence-electron chi connectivity index (χ2n) is 4.66. The maximum absolute atomic E-state index is 11.8. The summed E-state index contributed by atoms with van der Waals surface area (Å²) in [7, 11) is 1.35. The Hall–Kier alpha value is -2.40. The summed E-state index contributed by atoms with van der Waals surface area (Å²) in [5, 5.41) is 4.38. The van der Waals surface area contributed by atoms with Gasteiger partial charge in [0.05, 0.1) is 18.5 Å². The first-order valence-corrected chi connectivity index (χ1v) is 7.48. The normalized spacial score (nSPS) is 10.5. The molecule has 1 heterocycles. The Morgan fingerprint density at radius 1 is 1.09 bits per heavy atom. The largest absolute Gasteiger partial charge is 0.464 e. The first-order valence-electron chi connectivity index (χ1n) is 6.69. The van der Waals surface area contributed by atoms with Crippen LogP contribution in [0.2, 0.25) is 0 Å². The molecule has 22 heavy (non-hydrogen) atoms. The van der Waals surface area contributed by atoms with E-state index >= 15 is 0 Å². The number of benzene rings is 2. The molecule has 0 radical (unpaired) electrons. The summed E-state index contributed by atoms with van der Waals surface area (Å²) in [5.41, 5.74) is 2.95. The van der Waals surface area contributed by atoms with Gasteiger partial charge in [-0.2, -0.15) is 5.10 Å². The van der Waals surface area contributed by atoms with Crippen LogP contribution in [0.4, 0.5) is 0 Å². The molecule has 110 valence electrons. The highest BCUT2D eigenvalue weighted by Crippen LogP contribution is 2.26. The van der Waals surface area contributed by atoms with E-state index in [0.717, 1.165) is 21.4 Å². The third-order valence-corrected chi connectivity index (χ3v) is 3.72. The number of nitrogens with zero attached hydrogens (tertiary/aromatic N) is 2. The van der Waals surface area contributed by atoms with Crippen molar-refractivity contribution < 1.29 is 9.53 Å². The Labute approximate surface area is 136 Å². The van der Waals surface area contributed by atoms with Gasteiger partial charge in [-0.05, 0) is 30.3 Å². The Morgan fingerprint density at radius 2 is 1.86 bits per heavy atom. The summed E-state index contributed by atoms with van der Waals surface area (Å²) in [6, 6.07) is 19.3. The van der Waals surface area contributed by atoms with Gasteiger partial charge in [-0.3, -0.25) is 0 Å². The number of hydrogen-bond acceptors (Lipinski definition) is 3. The molecule has 3 rings (SSSR count). The van der Waals surface area contributed by atoms with Crippen LogP contribution in [-0.4, -0.2) is 22.9 Å². The van der Waals surface area contributed by atoms with E-state index in [1.807, 2.05) is 54.6 Å². The lowest BCUT2D eigenvalue weighted by atomic mass is 10.1. The second kappa shape index (κ2) is 6.15. The van der Waals surface area contributed by atoms with Gasteiger partial charge >= 0.3 is 5.97 Å². The summed E-state index contributed by atoms with van der Waals surface area (Å²) in [6.07, 6.45) is 0. The lowest BCUT2D eigenvalue weighted by Gasteiger charge is -2.07. The Morgan fingerprint density at radius 3 is 2.55 bits per heavy atom. The van der Waals surface area contributed by atoms with Crippen LogP contribution >= 0.6 is 15.9 Å². The van der Waals surface area contributed by atoms with Gasteiger partial charge in [0.1, 0.15) is 0 Å². The fraction of sp³-hybridized carbons (Fsp3) is 0.0588. The minimum Gasteiger partial charge on any atom is -0.464 e. The minimum absolute atomic E-state index is 0.279. The molecule has 0 saturated heterocycles. The van der Waals surface area contributed by atoms with Gasteiger partial charge in [-0.1, -0.05) is 46.3 Å². The molecule has 0 aliphatic carbocycles. The Bertz CT molecular complexity index is 813. The highest BCUT2D eigenvalue weighted by molar-refractivity contribution is 9.10. The summed E-state index contributed by atoms with van der Waals surface area (Å²) >= 11 is 3.47. The summed E-state index contributed by atoms with van der Waals surface area (Å²) < 4.78 is 7.48. The molecule has 0 aliphatic rings. The van der Waals surface area contributed by atoms with Crippen molar-refractivity contribution in [3.05, 3.63) is 70.8 Å². The zero-order chi connectivity index (χ0) is 15.5. The van der Waals surface area contributed by atoms with E-state index in [-0.39, 0.29) is 5.69 Å². The molecule has 0 aliphatic heterocycles. The van der Waals surface area contributed by atoms with Gasteiger partial charge in [0.15, 0.2) is 5.69 Å². The van der Waals surface area contributed by atoms with Crippen LogP contribution in [0.5, 0.6) is 0 Å². The van der Waals surface area contributed by atoms with Gasteiger partial charge in [-0.25, -0.2) is 9.48 Å². The second-order valence-corrected chi connectivity index (χ2v) is 5.58. The van der Waals surface area contributed by atoms with Crippen LogP contribution in [0.15, 0.2) is 65.1 Å². The van der Waals surface area contributed by atoms with Crippen molar-refractivity contribution in [3.63, 3.8) is 0 Å². The number of rotatable bonds is 3. The Kier molecular flexibility index (Phi) is 4.06. The topological polar surface area (TPSA) is 44.1 Å². The SMILES string of the molecule is COC(=O)c1cc(-c2cccc(Br)c2)n(-c2ccccc2)n1. The molecule has 5 heteroatoms. The number of aromatic nitrogens is 2. The van der Waals surface area contributed by atoms with Crippen LogP contribution < -0.4 is 0 Å². The third-order valence-electron chi connectivity index (χ3n) is 3.23. The lowest BCUT2D eigenvalue weighted by molar-refractivity contribution is 0.0593. The predicted molar refractivity (Wildman–Crippen MR) is 88.0 cm³/mol. The highest BCUT2D eigenvalue weighted by Gasteiger charge is 2.17. The molecule has 4 nitrogen and oxygen atoms in total. The van der Waals surface area contributed by atoms with Crippen LogP contribution in [-0.2, 0) is 4.74 Å². The minimum atomic E-state index is -0.453. The number of hydrogen-bond donors (Lipinski definition) is 0. The molecule has 0 fully saturated rings. The van der Waals surface area contributed by atoms with Crippen molar-refractivity contribution in [1.82, 2.24) is 9.78 Å². The molecule has 0 spiro atoms. The Balaban J connectivity index is 2.19. The molecule has 0 bridgehead atoms. The van der Waals surface area contributed by atoms with E-state index in [1.54, 1.807) is 10.7 Å². The number of carbonyl (C=O) groups is 1. The maximum atomic E-state index is 11.8. The first-order chi connectivity index (χ1) is 10.7. The van der Waals surface area contributed by atoms with Crippen LogP contribution in [0, 0.1) is 0 Å². The summed E-state index contributed by atoms with van der Waals surface area (Å²) in [4.78, 5) is 11.8. The van der Waals surface area contributed by atoms with E-state index in [9.17, 15) is 4.79 Å². The predicted octanol–water partition coefficient (Wildman–Crippen LogP) is 4.09. The zero-order valence-corrected chi connectivity index (χ0v) is 13.4. The monoisotopic (exact) mass is 356 g/mol. The highest BCUT2D eigenvalue weighted by atomic mass is 79.9. The average molecular weight is 357 g/mol. The van der Waals surface area contributed by atoms with E-state index < -0.39 is 5.97 Å². The molecule has 1 aromatic heterocycles. The molecule has 0 saturated carbocycles. The fourth-order valence-electron chi connectivity index (χ4n) is 2.20. The van der Waals surface area contributed by atoms with Crippen molar-refractivity contribution in [1.29, 1.82) is 0 Å². The number of halogens is 1. The van der Waals surface area contributed by atoms with Crippen LogP contribution in [0.25, 0.3) is 16.9 Å². The van der Waals surface area contributed by atoms with Gasteiger partial charge in [0.25, 0.3) is 0 Å². The standard InChI is InChI=1S/C17H13BrN2O2/c1-22-17(21)15-11-16(12-6-5-7-13(18)10-12)20(19-15)14-8-3-2-4-9-14/h2-11H,1H3. The molecule has 0 N–H and O–H groups in total. The van der Waals surface area contributed by atoms with Gasteiger partial charge < -0.3 is 4.74 Å². The van der Waals surface area contributed by atoms with E-state index in [2.05, 4.69) is 21.0 Å². The molecule has 2 aromatic carbocycles. The maximum Gasteiger partial charge on any atom is 0.358 e. The van der Waals surface area contributed by atoms with Gasteiger partial charge in [-0.15, -0.1) is 0 Å². The van der Waals surface area contributed by atoms with Crippen molar-refractivity contribution in [3.8, 4) is 16.9 Å². The van der Waals surface area contributed by atoms with Crippen LogP contribution in [0.3, 0.4) is 0 Å². The lowest BCUT2D eigenvalue weighted by Crippen LogP contribution is -2.04. The van der Waals surface area contributed by atoms with E-state index in [1.165, 1.54) is 7.11 Å². The molecule has 3 aromatic rings.